The second kappa shape index (κ2) is 7.03. The van der Waals surface area contributed by atoms with Crippen LogP contribution >= 0.6 is 22.9 Å². The van der Waals surface area contributed by atoms with E-state index >= 15 is 0 Å². The molecular formula is C19H10ClF4N3S. The Labute approximate surface area is 165 Å². The van der Waals surface area contributed by atoms with E-state index in [1.807, 2.05) is 5.38 Å². The smallest absolute Gasteiger partial charge is 0.340 e. The van der Waals surface area contributed by atoms with E-state index in [9.17, 15) is 17.6 Å². The van der Waals surface area contributed by atoms with Gasteiger partial charge in [0, 0.05) is 16.6 Å². The van der Waals surface area contributed by atoms with E-state index in [0.717, 1.165) is 17.2 Å². The molecule has 2 aromatic heterocycles. The van der Waals surface area contributed by atoms with Gasteiger partial charge in [-0.05, 0) is 35.9 Å². The summed E-state index contributed by atoms with van der Waals surface area (Å²) in [5.41, 5.74) is 0.757. The molecule has 0 unspecified atom stereocenters. The van der Waals surface area contributed by atoms with E-state index < -0.39 is 11.7 Å². The number of nitrogens with one attached hydrogen (secondary N) is 1. The van der Waals surface area contributed by atoms with Crippen molar-refractivity contribution in [3.8, 4) is 11.1 Å². The van der Waals surface area contributed by atoms with Gasteiger partial charge in [-0.2, -0.15) is 13.2 Å². The monoisotopic (exact) mass is 423 g/mol. The van der Waals surface area contributed by atoms with Crippen molar-refractivity contribution in [3.63, 3.8) is 0 Å². The Kier molecular flexibility index (Phi) is 4.68. The number of aromatic nitrogens is 2. The number of anilines is 2. The molecule has 4 rings (SSSR count). The van der Waals surface area contributed by atoms with Gasteiger partial charge >= 0.3 is 6.18 Å². The molecule has 2 heterocycles. The van der Waals surface area contributed by atoms with Gasteiger partial charge in [0.05, 0.1) is 16.0 Å². The molecule has 9 heteroatoms. The molecule has 0 atom stereocenters. The Morgan fingerprint density at radius 3 is 2.46 bits per heavy atom. The Morgan fingerprint density at radius 2 is 1.75 bits per heavy atom. The molecule has 0 bridgehead atoms. The number of fused-ring (bicyclic) bond motifs is 1. The van der Waals surface area contributed by atoms with Crippen molar-refractivity contribution in [2.45, 2.75) is 6.18 Å². The predicted octanol–water partition coefficient (Wildman–Crippen LogP) is 6.91. The molecule has 3 nitrogen and oxygen atoms in total. The molecule has 2 aromatic carbocycles. The topological polar surface area (TPSA) is 37.8 Å². The molecule has 1 N–H and O–H groups in total. The maximum Gasteiger partial charge on any atom is 0.417 e. The van der Waals surface area contributed by atoms with Gasteiger partial charge in [0.2, 0.25) is 0 Å². The molecule has 0 fully saturated rings. The largest absolute Gasteiger partial charge is 0.417 e. The van der Waals surface area contributed by atoms with Crippen LogP contribution in [0.25, 0.3) is 21.3 Å². The van der Waals surface area contributed by atoms with Gasteiger partial charge in [-0.3, -0.25) is 0 Å². The highest BCUT2D eigenvalue weighted by Crippen LogP contribution is 2.39. The average Bonchev–Trinajstić information content (AvgIpc) is 3.08. The van der Waals surface area contributed by atoms with Crippen LogP contribution in [-0.4, -0.2) is 9.97 Å². The molecule has 0 aliphatic rings. The van der Waals surface area contributed by atoms with E-state index in [0.29, 0.717) is 16.0 Å². The molecule has 0 aliphatic carbocycles. The Hall–Kier alpha value is -2.71. The van der Waals surface area contributed by atoms with Crippen molar-refractivity contribution in [2.24, 2.45) is 0 Å². The number of halogens is 5. The lowest BCUT2D eigenvalue weighted by Gasteiger charge is -2.13. The first-order chi connectivity index (χ1) is 13.3. The maximum atomic E-state index is 13.2. The summed E-state index contributed by atoms with van der Waals surface area (Å²) in [7, 11) is 0. The number of alkyl halides is 3. The summed E-state index contributed by atoms with van der Waals surface area (Å²) in [6.07, 6.45) is -3.24. The standard InChI is InChI=1S/C19H10ClF4N3S/c20-15-6-5-12(7-14(15)19(22,23)24)27-17-16-13(8-28-18(16)26-9-25-17)10-1-3-11(21)4-2-10/h1-9H,(H,25,26,27). The maximum absolute atomic E-state index is 13.2. The first-order valence-electron chi connectivity index (χ1n) is 7.95. The van der Waals surface area contributed by atoms with E-state index in [1.54, 1.807) is 12.1 Å². The summed E-state index contributed by atoms with van der Waals surface area (Å²) in [4.78, 5) is 9.05. The Balaban J connectivity index is 1.80. The summed E-state index contributed by atoms with van der Waals surface area (Å²) in [5.74, 6) is -0.0141. The van der Waals surface area contributed by atoms with Crippen LogP contribution in [-0.2, 0) is 6.18 Å². The van der Waals surface area contributed by atoms with Crippen LogP contribution in [0.5, 0.6) is 0 Å². The highest BCUT2D eigenvalue weighted by molar-refractivity contribution is 7.17. The highest BCUT2D eigenvalue weighted by atomic mass is 35.5. The predicted molar refractivity (Wildman–Crippen MR) is 103 cm³/mol. The average molecular weight is 424 g/mol. The normalized spacial score (nSPS) is 11.8. The Bertz CT molecular complexity index is 1160. The van der Waals surface area contributed by atoms with Gasteiger partial charge < -0.3 is 5.32 Å². The molecule has 0 saturated heterocycles. The zero-order chi connectivity index (χ0) is 19.9. The lowest BCUT2D eigenvalue weighted by atomic mass is 10.1. The molecule has 0 amide bonds. The minimum atomic E-state index is -4.57. The van der Waals surface area contributed by atoms with Crippen LogP contribution in [0.1, 0.15) is 5.56 Å². The van der Waals surface area contributed by atoms with Crippen molar-refractivity contribution >= 4 is 44.7 Å². The third-order valence-corrected chi connectivity index (χ3v) is 5.28. The van der Waals surface area contributed by atoms with Crippen LogP contribution < -0.4 is 5.32 Å². The zero-order valence-electron chi connectivity index (χ0n) is 13.9. The molecule has 142 valence electrons. The fourth-order valence-electron chi connectivity index (χ4n) is 2.77. The van der Waals surface area contributed by atoms with Gasteiger partial charge in [0.25, 0.3) is 0 Å². The molecular weight excluding hydrogens is 414 g/mol. The molecule has 0 aliphatic heterocycles. The summed E-state index contributed by atoms with van der Waals surface area (Å²) < 4.78 is 52.6. The number of thiophene rings is 1. The van der Waals surface area contributed by atoms with E-state index in [1.165, 1.54) is 41.9 Å². The molecule has 4 aromatic rings. The minimum Gasteiger partial charge on any atom is -0.340 e. The van der Waals surface area contributed by atoms with E-state index in [-0.39, 0.29) is 16.5 Å². The molecule has 0 spiro atoms. The molecule has 0 radical (unpaired) electrons. The van der Waals surface area contributed by atoms with Gasteiger partial charge in [0.15, 0.2) is 0 Å². The quantitative estimate of drug-likeness (QED) is 0.364. The van der Waals surface area contributed by atoms with Crippen molar-refractivity contribution in [2.75, 3.05) is 5.32 Å². The zero-order valence-corrected chi connectivity index (χ0v) is 15.5. The lowest BCUT2D eigenvalue weighted by molar-refractivity contribution is -0.137. The number of hydrogen-bond acceptors (Lipinski definition) is 4. The van der Waals surface area contributed by atoms with Crippen LogP contribution in [0.4, 0.5) is 29.1 Å². The minimum absolute atomic E-state index is 0.188. The number of hydrogen-bond donors (Lipinski definition) is 1. The molecule has 28 heavy (non-hydrogen) atoms. The van der Waals surface area contributed by atoms with Gasteiger partial charge in [-0.1, -0.05) is 23.7 Å². The van der Waals surface area contributed by atoms with Crippen LogP contribution in [0.2, 0.25) is 5.02 Å². The van der Waals surface area contributed by atoms with E-state index in [2.05, 4.69) is 15.3 Å². The summed E-state index contributed by atoms with van der Waals surface area (Å²) in [6.45, 7) is 0. The number of benzene rings is 2. The summed E-state index contributed by atoms with van der Waals surface area (Å²) in [5, 5.41) is 5.03. The van der Waals surface area contributed by atoms with Gasteiger partial charge in [0.1, 0.15) is 22.8 Å². The molecule has 0 saturated carbocycles. The van der Waals surface area contributed by atoms with Crippen molar-refractivity contribution in [1.29, 1.82) is 0 Å². The van der Waals surface area contributed by atoms with E-state index in [4.69, 9.17) is 11.6 Å². The summed E-state index contributed by atoms with van der Waals surface area (Å²) >= 11 is 7.04. The van der Waals surface area contributed by atoms with Crippen LogP contribution in [0.3, 0.4) is 0 Å². The second-order valence-electron chi connectivity index (χ2n) is 5.88. The van der Waals surface area contributed by atoms with Crippen LogP contribution in [0, 0.1) is 5.82 Å². The third kappa shape index (κ3) is 3.53. The first-order valence-corrected chi connectivity index (χ1v) is 9.20. The van der Waals surface area contributed by atoms with Gasteiger partial charge in [-0.25, -0.2) is 14.4 Å². The van der Waals surface area contributed by atoms with Gasteiger partial charge in [-0.15, -0.1) is 11.3 Å². The van der Waals surface area contributed by atoms with Crippen molar-refractivity contribution < 1.29 is 17.6 Å². The third-order valence-electron chi connectivity index (χ3n) is 4.06. The highest BCUT2D eigenvalue weighted by Gasteiger charge is 2.33. The number of nitrogens with zero attached hydrogens (tertiary/aromatic N) is 2. The lowest BCUT2D eigenvalue weighted by Crippen LogP contribution is -2.06. The van der Waals surface area contributed by atoms with Crippen LogP contribution in [0.15, 0.2) is 54.2 Å². The summed E-state index contributed by atoms with van der Waals surface area (Å²) in [6, 6.07) is 9.47. The Morgan fingerprint density at radius 1 is 1.00 bits per heavy atom. The fraction of sp³-hybridized carbons (Fsp3) is 0.0526. The number of rotatable bonds is 3. The van der Waals surface area contributed by atoms with Crippen molar-refractivity contribution in [3.05, 3.63) is 70.6 Å². The second-order valence-corrected chi connectivity index (χ2v) is 7.14. The van der Waals surface area contributed by atoms with Crippen molar-refractivity contribution in [1.82, 2.24) is 9.97 Å². The first kappa shape index (κ1) is 18.6. The SMILES string of the molecule is Fc1ccc(-c2csc3ncnc(Nc4ccc(Cl)c(C(F)(F)F)c4)c23)cc1. The fourth-order valence-corrected chi connectivity index (χ4v) is 3.91.